The SMILES string of the molecule is CCCN(Cc1nc(-c2ccc(-c3ccc(-c4cnc([C@@H]5CCCN5C(=O)OC(C)(C)C)[nH]4)cc3)cc2)c(Br)[nH]1)C(=O)OC(C)(C)C. The molecule has 1 atom stereocenters. The number of rotatable bonds is 8. The Morgan fingerprint density at radius 1 is 0.915 bits per heavy atom. The number of amides is 2. The highest BCUT2D eigenvalue weighted by atomic mass is 79.9. The van der Waals surface area contributed by atoms with Gasteiger partial charge in [-0.1, -0.05) is 55.5 Å². The number of nitrogens with zero attached hydrogens (tertiary/aromatic N) is 4. The van der Waals surface area contributed by atoms with E-state index in [1.54, 1.807) is 9.80 Å². The number of aromatic nitrogens is 4. The molecule has 2 aromatic heterocycles. The standard InChI is InChI=1S/C36H45BrN6O4/c1-8-19-42(33(44)46-35(2,3)4)22-29-40-30(31(37)41-29)26-17-13-24(14-18-26)23-11-15-25(16-12-23)27-21-38-32(39-27)28-10-9-20-43(28)34(45)47-36(5,6)7/h11-18,21,28H,8-10,19-20,22H2,1-7H3,(H,38,39)(H,40,41)/t28-/m0/s1. The highest BCUT2D eigenvalue weighted by molar-refractivity contribution is 9.10. The number of halogens is 1. The van der Waals surface area contributed by atoms with Gasteiger partial charge in [-0.2, -0.15) is 0 Å². The summed E-state index contributed by atoms with van der Waals surface area (Å²) < 4.78 is 12.0. The van der Waals surface area contributed by atoms with Gasteiger partial charge in [-0.3, -0.25) is 4.90 Å². The van der Waals surface area contributed by atoms with Gasteiger partial charge in [-0.05, 0) is 93.4 Å². The molecule has 11 heteroatoms. The minimum atomic E-state index is -0.565. The molecule has 0 saturated carbocycles. The van der Waals surface area contributed by atoms with E-state index in [0.29, 0.717) is 25.5 Å². The van der Waals surface area contributed by atoms with Crippen molar-refractivity contribution in [1.82, 2.24) is 29.7 Å². The lowest BCUT2D eigenvalue weighted by Gasteiger charge is -2.27. The van der Waals surface area contributed by atoms with Crippen molar-refractivity contribution in [3.05, 3.63) is 71.0 Å². The van der Waals surface area contributed by atoms with Crippen molar-refractivity contribution in [3.63, 3.8) is 0 Å². The molecule has 250 valence electrons. The van der Waals surface area contributed by atoms with Crippen LogP contribution >= 0.6 is 15.9 Å². The van der Waals surface area contributed by atoms with E-state index in [0.717, 1.165) is 63.3 Å². The van der Waals surface area contributed by atoms with Crippen molar-refractivity contribution >= 4 is 28.1 Å². The first-order chi connectivity index (χ1) is 22.2. The van der Waals surface area contributed by atoms with Crippen molar-refractivity contribution in [1.29, 1.82) is 0 Å². The normalized spacial score (nSPS) is 15.1. The summed E-state index contributed by atoms with van der Waals surface area (Å²) in [7, 11) is 0. The third-order valence-electron chi connectivity index (χ3n) is 7.67. The molecular formula is C36H45BrN6O4. The molecule has 2 amide bonds. The fraction of sp³-hybridized carbons (Fsp3) is 0.444. The van der Waals surface area contributed by atoms with Gasteiger partial charge >= 0.3 is 12.2 Å². The number of nitrogens with one attached hydrogen (secondary N) is 2. The summed E-state index contributed by atoms with van der Waals surface area (Å²) in [5.74, 6) is 1.46. The minimum Gasteiger partial charge on any atom is -0.444 e. The second kappa shape index (κ2) is 13.9. The summed E-state index contributed by atoms with van der Waals surface area (Å²) in [5, 5.41) is 0. The molecule has 0 spiro atoms. The molecule has 47 heavy (non-hydrogen) atoms. The van der Waals surface area contributed by atoms with Crippen LogP contribution in [0.15, 0.2) is 59.3 Å². The zero-order chi connectivity index (χ0) is 33.9. The van der Waals surface area contributed by atoms with Crippen molar-refractivity contribution in [2.24, 2.45) is 0 Å². The van der Waals surface area contributed by atoms with E-state index in [4.69, 9.17) is 14.5 Å². The molecule has 0 radical (unpaired) electrons. The molecular weight excluding hydrogens is 660 g/mol. The van der Waals surface area contributed by atoms with Gasteiger partial charge in [-0.15, -0.1) is 0 Å². The zero-order valence-electron chi connectivity index (χ0n) is 28.3. The Labute approximate surface area is 285 Å². The van der Waals surface area contributed by atoms with E-state index < -0.39 is 11.2 Å². The number of carbonyl (C=O) groups is 2. The summed E-state index contributed by atoms with van der Waals surface area (Å²) in [6.45, 7) is 14.8. The van der Waals surface area contributed by atoms with Crippen molar-refractivity contribution < 1.29 is 19.1 Å². The first-order valence-electron chi connectivity index (χ1n) is 16.2. The number of hydrogen-bond acceptors (Lipinski definition) is 6. The number of ether oxygens (including phenoxy) is 2. The molecule has 0 bridgehead atoms. The number of hydrogen-bond donors (Lipinski definition) is 2. The van der Waals surface area contributed by atoms with Gasteiger partial charge in [0.25, 0.3) is 0 Å². The lowest BCUT2D eigenvalue weighted by molar-refractivity contribution is 0.0212. The van der Waals surface area contributed by atoms with Crippen molar-refractivity contribution in [2.45, 2.75) is 91.5 Å². The van der Waals surface area contributed by atoms with E-state index in [-0.39, 0.29) is 18.2 Å². The smallest absolute Gasteiger partial charge is 0.410 e. The Morgan fingerprint density at radius 2 is 1.51 bits per heavy atom. The summed E-state index contributed by atoms with van der Waals surface area (Å²) in [6.07, 6.45) is 3.75. The zero-order valence-corrected chi connectivity index (χ0v) is 29.9. The average molecular weight is 706 g/mol. The van der Waals surface area contributed by atoms with Gasteiger partial charge < -0.3 is 24.3 Å². The molecule has 2 N–H and O–H groups in total. The average Bonchev–Trinajstić information content (AvgIpc) is 3.75. The number of aromatic amines is 2. The first kappa shape index (κ1) is 34.2. The molecule has 1 aliphatic rings. The second-order valence-corrected chi connectivity index (χ2v) is 14.7. The van der Waals surface area contributed by atoms with E-state index >= 15 is 0 Å². The van der Waals surface area contributed by atoms with Crippen LogP contribution in [-0.4, -0.2) is 66.2 Å². The van der Waals surface area contributed by atoms with E-state index in [1.807, 2.05) is 66.8 Å². The minimum absolute atomic E-state index is 0.123. The van der Waals surface area contributed by atoms with E-state index in [9.17, 15) is 9.59 Å². The van der Waals surface area contributed by atoms with Crippen LogP contribution in [0.3, 0.4) is 0 Å². The topological polar surface area (TPSA) is 116 Å². The Hall–Kier alpha value is -4.12. The van der Waals surface area contributed by atoms with Crippen LogP contribution in [0.2, 0.25) is 0 Å². The molecule has 1 fully saturated rings. The predicted octanol–water partition coefficient (Wildman–Crippen LogP) is 9.12. The van der Waals surface area contributed by atoms with Crippen LogP contribution < -0.4 is 0 Å². The largest absolute Gasteiger partial charge is 0.444 e. The van der Waals surface area contributed by atoms with Gasteiger partial charge in [0.15, 0.2) is 0 Å². The van der Waals surface area contributed by atoms with Crippen LogP contribution in [0.5, 0.6) is 0 Å². The summed E-state index contributed by atoms with van der Waals surface area (Å²) in [6, 6.07) is 16.5. The predicted molar refractivity (Wildman–Crippen MR) is 187 cm³/mol. The summed E-state index contributed by atoms with van der Waals surface area (Å²) in [5.41, 5.74) is 4.72. The quantitative estimate of drug-likeness (QED) is 0.189. The number of carbonyl (C=O) groups excluding carboxylic acids is 2. The van der Waals surface area contributed by atoms with Gasteiger partial charge in [-0.25, -0.2) is 19.6 Å². The monoisotopic (exact) mass is 704 g/mol. The Bertz CT molecular complexity index is 1680. The molecule has 10 nitrogen and oxygen atoms in total. The summed E-state index contributed by atoms with van der Waals surface area (Å²) in [4.78, 5) is 45.1. The van der Waals surface area contributed by atoms with E-state index in [2.05, 4.69) is 67.3 Å². The molecule has 4 aromatic rings. The maximum absolute atomic E-state index is 12.8. The van der Waals surface area contributed by atoms with Crippen LogP contribution in [0, 0.1) is 0 Å². The first-order valence-corrected chi connectivity index (χ1v) is 17.0. The van der Waals surface area contributed by atoms with Crippen LogP contribution in [0.25, 0.3) is 33.6 Å². The molecule has 0 aliphatic carbocycles. The van der Waals surface area contributed by atoms with Crippen LogP contribution in [-0.2, 0) is 16.0 Å². The number of benzene rings is 2. The Balaban J connectivity index is 1.25. The second-order valence-electron chi connectivity index (χ2n) is 13.9. The van der Waals surface area contributed by atoms with Gasteiger partial charge in [0.05, 0.1) is 24.5 Å². The van der Waals surface area contributed by atoms with Gasteiger partial charge in [0.2, 0.25) is 0 Å². The molecule has 2 aromatic carbocycles. The molecule has 1 aliphatic heterocycles. The highest BCUT2D eigenvalue weighted by Crippen LogP contribution is 2.34. The molecule has 5 rings (SSSR count). The van der Waals surface area contributed by atoms with Gasteiger partial charge in [0, 0.05) is 18.7 Å². The summed E-state index contributed by atoms with van der Waals surface area (Å²) >= 11 is 3.62. The maximum Gasteiger partial charge on any atom is 0.410 e. The third kappa shape index (κ3) is 8.62. The Morgan fingerprint density at radius 3 is 2.11 bits per heavy atom. The lowest BCUT2D eigenvalue weighted by atomic mass is 10.0. The molecule has 1 saturated heterocycles. The van der Waals surface area contributed by atoms with Crippen molar-refractivity contribution in [2.75, 3.05) is 13.1 Å². The van der Waals surface area contributed by atoms with E-state index in [1.165, 1.54) is 0 Å². The highest BCUT2D eigenvalue weighted by Gasteiger charge is 2.35. The lowest BCUT2D eigenvalue weighted by Crippen LogP contribution is -2.37. The number of imidazole rings is 2. The third-order valence-corrected chi connectivity index (χ3v) is 8.25. The maximum atomic E-state index is 12.8. The number of H-pyrrole nitrogens is 2. The number of likely N-dealkylation sites (tertiary alicyclic amines) is 1. The van der Waals surface area contributed by atoms with Crippen LogP contribution in [0.4, 0.5) is 9.59 Å². The van der Waals surface area contributed by atoms with Crippen molar-refractivity contribution in [3.8, 4) is 33.6 Å². The molecule has 3 heterocycles. The fourth-order valence-corrected chi connectivity index (χ4v) is 6.13. The Kier molecular flexibility index (Phi) is 10.1. The fourth-order valence-electron chi connectivity index (χ4n) is 5.58. The molecule has 0 unspecified atom stereocenters. The van der Waals surface area contributed by atoms with Crippen LogP contribution in [0.1, 0.15) is 85.4 Å². The van der Waals surface area contributed by atoms with Gasteiger partial charge in [0.1, 0.15) is 33.1 Å².